The van der Waals surface area contributed by atoms with Gasteiger partial charge in [0.2, 0.25) is 0 Å². The standard InChI is InChI=1S/C29H61N/c1-4-6-8-10-12-14-16-17-18-20-22-24-26-28-29(30-3)27-25-23-21-19-15-13-11-9-7-5-2/h29-30H,4-28H2,1-3H3. The molecule has 182 valence electrons. The zero-order valence-corrected chi connectivity index (χ0v) is 21.8. The van der Waals surface area contributed by atoms with Gasteiger partial charge in [0, 0.05) is 6.04 Å². The molecule has 0 aliphatic rings. The fourth-order valence-electron chi connectivity index (χ4n) is 4.72. The lowest BCUT2D eigenvalue weighted by molar-refractivity contribution is 0.434. The summed E-state index contributed by atoms with van der Waals surface area (Å²) in [7, 11) is 2.17. The number of rotatable bonds is 26. The Balaban J connectivity index is 3.26. The number of hydrogen-bond donors (Lipinski definition) is 1. The molecule has 0 radical (unpaired) electrons. The van der Waals surface area contributed by atoms with E-state index < -0.39 is 0 Å². The van der Waals surface area contributed by atoms with Crippen LogP contribution in [-0.2, 0) is 0 Å². The Bertz CT molecular complexity index is 288. The maximum absolute atomic E-state index is 3.58. The molecule has 1 N–H and O–H groups in total. The second-order valence-corrected chi connectivity index (χ2v) is 9.99. The summed E-state index contributed by atoms with van der Waals surface area (Å²) in [6, 6.07) is 0.770. The summed E-state index contributed by atoms with van der Waals surface area (Å²) in [5.74, 6) is 0. The molecule has 0 aromatic rings. The van der Waals surface area contributed by atoms with Crippen molar-refractivity contribution in [1.29, 1.82) is 0 Å². The van der Waals surface area contributed by atoms with E-state index in [2.05, 4.69) is 26.2 Å². The van der Waals surface area contributed by atoms with Crippen LogP contribution in [0.15, 0.2) is 0 Å². The zero-order valence-electron chi connectivity index (χ0n) is 21.8. The highest BCUT2D eigenvalue weighted by molar-refractivity contribution is 4.65. The van der Waals surface area contributed by atoms with Crippen molar-refractivity contribution >= 4 is 0 Å². The molecule has 0 amide bonds. The Morgan fingerprint density at radius 1 is 0.367 bits per heavy atom. The third-order valence-electron chi connectivity index (χ3n) is 6.97. The van der Waals surface area contributed by atoms with Gasteiger partial charge in [-0.15, -0.1) is 0 Å². The fraction of sp³-hybridized carbons (Fsp3) is 1.00. The van der Waals surface area contributed by atoms with Crippen molar-refractivity contribution in [2.45, 2.75) is 180 Å². The highest BCUT2D eigenvalue weighted by Gasteiger charge is 2.05. The van der Waals surface area contributed by atoms with E-state index in [1.165, 1.54) is 161 Å². The van der Waals surface area contributed by atoms with Crippen LogP contribution in [0.1, 0.15) is 174 Å². The van der Waals surface area contributed by atoms with Gasteiger partial charge in [-0.1, -0.05) is 162 Å². The van der Waals surface area contributed by atoms with Gasteiger partial charge >= 0.3 is 0 Å². The Morgan fingerprint density at radius 2 is 0.600 bits per heavy atom. The summed E-state index contributed by atoms with van der Waals surface area (Å²) >= 11 is 0. The minimum absolute atomic E-state index is 0.770. The molecular formula is C29H61N. The first-order valence-corrected chi connectivity index (χ1v) is 14.5. The van der Waals surface area contributed by atoms with Crippen LogP contribution in [0.3, 0.4) is 0 Å². The van der Waals surface area contributed by atoms with Gasteiger partial charge in [0.25, 0.3) is 0 Å². The summed E-state index contributed by atoms with van der Waals surface area (Å²) in [6.45, 7) is 4.61. The monoisotopic (exact) mass is 423 g/mol. The Morgan fingerprint density at radius 3 is 0.833 bits per heavy atom. The molecule has 1 heteroatoms. The minimum atomic E-state index is 0.770. The quantitative estimate of drug-likeness (QED) is 0.136. The van der Waals surface area contributed by atoms with Crippen LogP contribution in [0.4, 0.5) is 0 Å². The molecule has 1 atom stereocenters. The SMILES string of the molecule is CCCCCCCCCCCCCCCC(CCCCCCCCCCCC)NC. The highest BCUT2D eigenvalue weighted by Crippen LogP contribution is 2.16. The fourth-order valence-corrected chi connectivity index (χ4v) is 4.72. The van der Waals surface area contributed by atoms with Crippen LogP contribution < -0.4 is 5.32 Å². The van der Waals surface area contributed by atoms with Crippen molar-refractivity contribution < 1.29 is 0 Å². The van der Waals surface area contributed by atoms with Crippen LogP contribution >= 0.6 is 0 Å². The molecule has 0 heterocycles. The third-order valence-corrected chi connectivity index (χ3v) is 6.97. The number of hydrogen-bond acceptors (Lipinski definition) is 1. The molecule has 1 unspecified atom stereocenters. The maximum atomic E-state index is 3.58. The normalized spacial score (nSPS) is 12.5. The van der Waals surface area contributed by atoms with E-state index in [1.807, 2.05) is 0 Å². The summed E-state index contributed by atoms with van der Waals surface area (Å²) in [5, 5.41) is 3.58. The van der Waals surface area contributed by atoms with Crippen LogP contribution in [0.5, 0.6) is 0 Å². The second-order valence-electron chi connectivity index (χ2n) is 9.99. The van der Waals surface area contributed by atoms with Crippen molar-refractivity contribution in [2.24, 2.45) is 0 Å². The van der Waals surface area contributed by atoms with E-state index >= 15 is 0 Å². The van der Waals surface area contributed by atoms with Crippen molar-refractivity contribution in [3.63, 3.8) is 0 Å². The van der Waals surface area contributed by atoms with Gasteiger partial charge in [-0.3, -0.25) is 0 Å². The molecule has 0 aromatic carbocycles. The van der Waals surface area contributed by atoms with E-state index in [1.54, 1.807) is 0 Å². The first-order valence-electron chi connectivity index (χ1n) is 14.5. The highest BCUT2D eigenvalue weighted by atomic mass is 14.9. The zero-order chi connectivity index (χ0) is 22.0. The van der Waals surface area contributed by atoms with Gasteiger partial charge in [-0.05, 0) is 19.9 Å². The van der Waals surface area contributed by atoms with Gasteiger partial charge < -0.3 is 5.32 Å². The molecule has 0 rings (SSSR count). The van der Waals surface area contributed by atoms with Crippen molar-refractivity contribution in [3.8, 4) is 0 Å². The molecule has 30 heavy (non-hydrogen) atoms. The largest absolute Gasteiger partial charge is 0.317 e. The van der Waals surface area contributed by atoms with Crippen LogP contribution in [-0.4, -0.2) is 13.1 Å². The van der Waals surface area contributed by atoms with Crippen molar-refractivity contribution in [1.82, 2.24) is 5.32 Å². The van der Waals surface area contributed by atoms with E-state index in [4.69, 9.17) is 0 Å². The summed E-state index contributed by atoms with van der Waals surface area (Å²) in [5.41, 5.74) is 0. The Labute approximate surface area is 193 Å². The lowest BCUT2D eigenvalue weighted by Gasteiger charge is -2.16. The van der Waals surface area contributed by atoms with Crippen molar-refractivity contribution in [2.75, 3.05) is 7.05 Å². The molecule has 0 fully saturated rings. The first-order chi connectivity index (χ1) is 14.8. The molecule has 0 bridgehead atoms. The first kappa shape index (κ1) is 30.0. The lowest BCUT2D eigenvalue weighted by atomic mass is 9.99. The van der Waals surface area contributed by atoms with E-state index in [0.29, 0.717) is 0 Å². The second kappa shape index (κ2) is 27.0. The average Bonchev–Trinajstić information content (AvgIpc) is 2.76. The van der Waals surface area contributed by atoms with Crippen LogP contribution in [0, 0.1) is 0 Å². The van der Waals surface area contributed by atoms with E-state index in [0.717, 1.165) is 6.04 Å². The molecule has 0 aliphatic carbocycles. The average molecular weight is 424 g/mol. The molecule has 0 spiro atoms. The van der Waals surface area contributed by atoms with E-state index in [9.17, 15) is 0 Å². The van der Waals surface area contributed by atoms with Gasteiger partial charge in [0.05, 0.1) is 0 Å². The molecule has 0 aromatic heterocycles. The lowest BCUT2D eigenvalue weighted by Crippen LogP contribution is -2.24. The van der Waals surface area contributed by atoms with Gasteiger partial charge in [0.15, 0.2) is 0 Å². The smallest absolute Gasteiger partial charge is 0.00640 e. The van der Waals surface area contributed by atoms with Crippen LogP contribution in [0.25, 0.3) is 0 Å². The molecule has 1 nitrogen and oxygen atoms in total. The van der Waals surface area contributed by atoms with Gasteiger partial charge in [0.1, 0.15) is 0 Å². The predicted octanol–water partition coefficient (Wildman–Crippen LogP) is 10.4. The molecule has 0 saturated carbocycles. The minimum Gasteiger partial charge on any atom is -0.317 e. The molecule has 0 saturated heterocycles. The summed E-state index contributed by atoms with van der Waals surface area (Å²) in [6.07, 6.45) is 36.2. The van der Waals surface area contributed by atoms with Crippen molar-refractivity contribution in [3.05, 3.63) is 0 Å². The predicted molar refractivity (Wildman–Crippen MR) is 140 cm³/mol. The maximum Gasteiger partial charge on any atom is 0.00640 e. The summed E-state index contributed by atoms with van der Waals surface area (Å²) < 4.78 is 0. The Kier molecular flexibility index (Phi) is 27.0. The van der Waals surface area contributed by atoms with Gasteiger partial charge in [-0.2, -0.15) is 0 Å². The van der Waals surface area contributed by atoms with Gasteiger partial charge in [-0.25, -0.2) is 0 Å². The summed E-state index contributed by atoms with van der Waals surface area (Å²) in [4.78, 5) is 0. The van der Waals surface area contributed by atoms with Crippen LogP contribution in [0.2, 0.25) is 0 Å². The van der Waals surface area contributed by atoms with E-state index in [-0.39, 0.29) is 0 Å². The molecule has 0 aliphatic heterocycles. The topological polar surface area (TPSA) is 12.0 Å². The number of unbranched alkanes of at least 4 members (excludes halogenated alkanes) is 21. The number of nitrogens with one attached hydrogen (secondary N) is 1. The Hall–Kier alpha value is -0.0400. The molecular weight excluding hydrogens is 362 g/mol. The third kappa shape index (κ3) is 24.2.